The molecule has 0 amide bonds. The molecule has 1 aromatic carbocycles. The van der Waals surface area contributed by atoms with Crippen molar-refractivity contribution in [1.29, 1.82) is 0 Å². The first-order valence-electron chi connectivity index (χ1n) is 7.92. The molecule has 1 saturated carbocycles. The maximum absolute atomic E-state index is 4.63. The van der Waals surface area contributed by atoms with E-state index in [2.05, 4.69) is 40.6 Å². The van der Waals surface area contributed by atoms with E-state index in [9.17, 15) is 0 Å². The molecule has 0 radical (unpaired) electrons. The topological polar surface area (TPSA) is 24.4 Å². The van der Waals surface area contributed by atoms with Crippen molar-refractivity contribution in [2.24, 2.45) is 10.9 Å². The number of rotatable bonds is 5. The van der Waals surface area contributed by atoms with Crippen molar-refractivity contribution in [3.05, 3.63) is 35.9 Å². The summed E-state index contributed by atoms with van der Waals surface area (Å²) < 4.78 is 0. The fourth-order valence-corrected chi connectivity index (χ4v) is 4.25. The molecule has 0 saturated heterocycles. The highest BCUT2D eigenvalue weighted by Crippen LogP contribution is 2.34. The van der Waals surface area contributed by atoms with Crippen LogP contribution in [0.2, 0.25) is 0 Å². The fraction of sp³-hybridized carbons (Fsp3) is 0.588. The van der Waals surface area contributed by atoms with E-state index in [4.69, 9.17) is 0 Å². The van der Waals surface area contributed by atoms with Crippen LogP contribution in [-0.2, 0) is 0 Å². The van der Waals surface area contributed by atoms with Crippen molar-refractivity contribution < 1.29 is 0 Å². The minimum atomic E-state index is 0.508. The zero-order chi connectivity index (χ0) is 13.6. The van der Waals surface area contributed by atoms with Crippen LogP contribution in [0.5, 0.6) is 0 Å². The summed E-state index contributed by atoms with van der Waals surface area (Å²) in [5.41, 5.74) is 1.39. The highest BCUT2D eigenvalue weighted by molar-refractivity contribution is 8.14. The van der Waals surface area contributed by atoms with Gasteiger partial charge in [-0.05, 0) is 24.3 Å². The molecule has 1 fully saturated rings. The molecule has 3 rings (SSSR count). The number of aliphatic imine (C=N–C) groups is 1. The zero-order valence-electron chi connectivity index (χ0n) is 12.1. The molecule has 0 spiro atoms. The lowest BCUT2D eigenvalue weighted by molar-refractivity contribution is 0.482. The SMILES string of the molecule is c1ccc(C2CN=C(NCCCC3CCCC3)S2)cc1. The Morgan fingerprint density at radius 1 is 1.15 bits per heavy atom. The van der Waals surface area contributed by atoms with E-state index < -0.39 is 0 Å². The number of hydrogen-bond donors (Lipinski definition) is 1. The maximum Gasteiger partial charge on any atom is 0.157 e. The van der Waals surface area contributed by atoms with Gasteiger partial charge in [0.05, 0.1) is 11.8 Å². The Morgan fingerprint density at radius 2 is 1.95 bits per heavy atom. The number of benzene rings is 1. The van der Waals surface area contributed by atoms with E-state index in [1.807, 2.05) is 11.8 Å². The maximum atomic E-state index is 4.63. The van der Waals surface area contributed by atoms with Gasteiger partial charge >= 0.3 is 0 Å². The van der Waals surface area contributed by atoms with Gasteiger partial charge in [-0.25, -0.2) is 0 Å². The van der Waals surface area contributed by atoms with E-state index in [0.717, 1.165) is 24.2 Å². The van der Waals surface area contributed by atoms with Gasteiger partial charge in [-0.15, -0.1) is 0 Å². The predicted octanol–water partition coefficient (Wildman–Crippen LogP) is 4.39. The first-order valence-corrected chi connectivity index (χ1v) is 8.80. The van der Waals surface area contributed by atoms with Crippen molar-refractivity contribution >= 4 is 16.9 Å². The van der Waals surface area contributed by atoms with E-state index in [0.29, 0.717) is 5.25 Å². The molecule has 2 aliphatic rings. The van der Waals surface area contributed by atoms with Crippen LogP contribution in [0.4, 0.5) is 0 Å². The number of thioether (sulfide) groups is 1. The van der Waals surface area contributed by atoms with Crippen molar-refractivity contribution in [1.82, 2.24) is 5.32 Å². The van der Waals surface area contributed by atoms with Gasteiger partial charge in [0.2, 0.25) is 0 Å². The van der Waals surface area contributed by atoms with Crippen molar-refractivity contribution in [3.8, 4) is 0 Å². The van der Waals surface area contributed by atoms with Crippen LogP contribution in [0.3, 0.4) is 0 Å². The Bertz CT molecular complexity index is 438. The predicted molar refractivity (Wildman–Crippen MR) is 88.3 cm³/mol. The highest BCUT2D eigenvalue weighted by Gasteiger charge is 2.21. The lowest BCUT2D eigenvalue weighted by atomic mass is 10.0. The van der Waals surface area contributed by atoms with E-state index in [-0.39, 0.29) is 0 Å². The van der Waals surface area contributed by atoms with Gasteiger partial charge in [0.25, 0.3) is 0 Å². The average Bonchev–Trinajstić information content (AvgIpc) is 3.16. The molecule has 1 unspecified atom stereocenters. The second-order valence-electron chi connectivity index (χ2n) is 5.88. The average molecular weight is 288 g/mol. The smallest absolute Gasteiger partial charge is 0.157 e. The van der Waals surface area contributed by atoms with Crippen LogP contribution in [0.25, 0.3) is 0 Å². The van der Waals surface area contributed by atoms with Crippen LogP contribution in [0.15, 0.2) is 35.3 Å². The molecule has 1 aromatic rings. The normalized spacial score (nSPS) is 23.0. The molecule has 1 aliphatic carbocycles. The van der Waals surface area contributed by atoms with Gasteiger partial charge in [-0.3, -0.25) is 4.99 Å². The third-order valence-electron chi connectivity index (χ3n) is 4.37. The van der Waals surface area contributed by atoms with Crippen LogP contribution in [-0.4, -0.2) is 18.3 Å². The zero-order valence-corrected chi connectivity index (χ0v) is 12.9. The summed E-state index contributed by atoms with van der Waals surface area (Å²) in [7, 11) is 0. The lowest BCUT2D eigenvalue weighted by Crippen LogP contribution is -2.20. The van der Waals surface area contributed by atoms with Crippen LogP contribution >= 0.6 is 11.8 Å². The molecule has 3 heteroatoms. The quantitative estimate of drug-likeness (QED) is 0.813. The Balaban J connectivity index is 1.35. The van der Waals surface area contributed by atoms with Gasteiger partial charge in [0, 0.05) is 6.54 Å². The molecular formula is C17H24N2S. The third-order valence-corrected chi connectivity index (χ3v) is 5.57. The van der Waals surface area contributed by atoms with Gasteiger partial charge in [0.15, 0.2) is 5.17 Å². The number of hydrogen-bond acceptors (Lipinski definition) is 3. The molecule has 1 N–H and O–H groups in total. The van der Waals surface area contributed by atoms with E-state index in [1.54, 1.807) is 0 Å². The Hall–Kier alpha value is -0.960. The summed E-state index contributed by atoms with van der Waals surface area (Å²) in [6.07, 6.45) is 8.53. The molecule has 0 aromatic heterocycles. The summed E-state index contributed by atoms with van der Waals surface area (Å²) in [6, 6.07) is 10.7. The molecule has 1 atom stereocenters. The summed E-state index contributed by atoms with van der Waals surface area (Å²) >= 11 is 1.89. The van der Waals surface area contributed by atoms with Gasteiger partial charge in [-0.1, -0.05) is 67.8 Å². The van der Waals surface area contributed by atoms with Crippen LogP contribution < -0.4 is 5.32 Å². The molecule has 1 heterocycles. The minimum absolute atomic E-state index is 0.508. The molecule has 2 nitrogen and oxygen atoms in total. The Labute approximate surface area is 126 Å². The van der Waals surface area contributed by atoms with Crippen molar-refractivity contribution in [2.75, 3.05) is 13.1 Å². The number of nitrogens with zero attached hydrogens (tertiary/aromatic N) is 1. The Kier molecular flexibility index (Phi) is 5.01. The number of amidine groups is 1. The molecule has 20 heavy (non-hydrogen) atoms. The van der Waals surface area contributed by atoms with Gasteiger partial charge in [-0.2, -0.15) is 0 Å². The molecule has 0 bridgehead atoms. The number of nitrogens with one attached hydrogen (secondary N) is 1. The highest BCUT2D eigenvalue weighted by atomic mass is 32.2. The van der Waals surface area contributed by atoms with E-state index >= 15 is 0 Å². The largest absolute Gasteiger partial charge is 0.365 e. The summed E-state index contributed by atoms with van der Waals surface area (Å²) in [6.45, 7) is 2.00. The van der Waals surface area contributed by atoms with Gasteiger partial charge in [0.1, 0.15) is 0 Å². The molecule has 1 aliphatic heterocycles. The second-order valence-corrected chi connectivity index (χ2v) is 7.07. The lowest BCUT2D eigenvalue weighted by Gasteiger charge is -2.11. The van der Waals surface area contributed by atoms with Crippen molar-refractivity contribution in [3.63, 3.8) is 0 Å². The molecular weight excluding hydrogens is 264 g/mol. The summed E-state index contributed by atoms with van der Waals surface area (Å²) in [5, 5.41) is 5.17. The van der Waals surface area contributed by atoms with Gasteiger partial charge < -0.3 is 5.32 Å². The van der Waals surface area contributed by atoms with E-state index in [1.165, 1.54) is 44.1 Å². The summed E-state index contributed by atoms with van der Waals surface area (Å²) in [5.74, 6) is 1.01. The third kappa shape index (κ3) is 3.78. The second kappa shape index (κ2) is 7.16. The first-order chi connectivity index (χ1) is 9.92. The standard InChI is InChI=1S/C17H24N2S/c1-2-10-15(11-3-1)16-13-19-17(20-16)18-12-6-9-14-7-4-5-8-14/h1-3,10-11,14,16H,4-9,12-13H2,(H,18,19). The minimum Gasteiger partial charge on any atom is -0.365 e. The van der Waals surface area contributed by atoms with Crippen LogP contribution in [0, 0.1) is 5.92 Å². The Morgan fingerprint density at radius 3 is 2.75 bits per heavy atom. The monoisotopic (exact) mass is 288 g/mol. The van der Waals surface area contributed by atoms with Crippen LogP contribution in [0.1, 0.15) is 49.3 Å². The summed E-state index contributed by atoms with van der Waals surface area (Å²) in [4.78, 5) is 4.63. The first kappa shape index (κ1) is 14.0. The fourth-order valence-electron chi connectivity index (χ4n) is 3.20. The van der Waals surface area contributed by atoms with Crippen molar-refractivity contribution in [2.45, 2.75) is 43.8 Å². The molecule has 108 valence electrons.